The van der Waals surface area contributed by atoms with E-state index in [9.17, 15) is 0 Å². The van der Waals surface area contributed by atoms with Crippen LogP contribution in [0.2, 0.25) is 0 Å². The number of imidazole rings is 1. The third-order valence-corrected chi connectivity index (χ3v) is 4.42. The van der Waals surface area contributed by atoms with Crippen LogP contribution in [0.1, 0.15) is 5.82 Å². The van der Waals surface area contributed by atoms with Crippen LogP contribution in [0, 0.1) is 6.92 Å². The standard InChI is InChI=1S/C19H17N11/c1-11-24-14(7-16(20-2)25-11)18-19(26-15-5-6-23-28-15)27-17-4-3-13(29-30(17)18)12-8-21-10-22-9-12/h3-10H,1-2H3,(H,20,24,25)(H2,23,26,28). The Hall–Kier alpha value is -4.41. The summed E-state index contributed by atoms with van der Waals surface area (Å²) >= 11 is 0. The summed E-state index contributed by atoms with van der Waals surface area (Å²) < 4.78 is 1.75. The van der Waals surface area contributed by atoms with Gasteiger partial charge >= 0.3 is 0 Å². The Kier molecular flexibility index (Phi) is 4.24. The van der Waals surface area contributed by atoms with Gasteiger partial charge in [-0.25, -0.2) is 29.4 Å². The summed E-state index contributed by atoms with van der Waals surface area (Å²) in [7, 11) is 1.82. The van der Waals surface area contributed by atoms with Crippen molar-refractivity contribution in [2.75, 3.05) is 17.7 Å². The lowest BCUT2D eigenvalue weighted by Crippen LogP contribution is -2.03. The molecule has 0 unspecified atom stereocenters. The van der Waals surface area contributed by atoms with Crippen LogP contribution in [0.4, 0.5) is 17.5 Å². The number of aryl methyl sites for hydroxylation is 1. The summed E-state index contributed by atoms with van der Waals surface area (Å²) in [5.41, 5.74) is 3.55. The van der Waals surface area contributed by atoms with E-state index < -0.39 is 0 Å². The number of rotatable bonds is 5. The quantitative estimate of drug-likeness (QED) is 0.407. The summed E-state index contributed by atoms with van der Waals surface area (Å²) in [6.07, 6.45) is 6.59. The summed E-state index contributed by atoms with van der Waals surface area (Å²) in [6, 6.07) is 7.45. The van der Waals surface area contributed by atoms with Gasteiger partial charge in [0.2, 0.25) is 0 Å². The molecule has 0 radical (unpaired) electrons. The molecule has 148 valence electrons. The molecule has 0 aromatic carbocycles. The molecule has 11 nitrogen and oxygen atoms in total. The van der Waals surface area contributed by atoms with Gasteiger partial charge in [-0.1, -0.05) is 0 Å². The molecule has 3 N–H and O–H groups in total. The molecule has 0 saturated carbocycles. The number of anilines is 3. The van der Waals surface area contributed by atoms with Crippen LogP contribution < -0.4 is 10.6 Å². The zero-order valence-corrected chi connectivity index (χ0v) is 16.2. The van der Waals surface area contributed by atoms with Gasteiger partial charge in [0.15, 0.2) is 11.5 Å². The van der Waals surface area contributed by atoms with E-state index in [0.29, 0.717) is 40.3 Å². The number of nitrogens with one attached hydrogen (secondary N) is 3. The fourth-order valence-corrected chi connectivity index (χ4v) is 3.11. The molecular formula is C19H17N11. The number of fused-ring (bicyclic) bond motifs is 1. The van der Waals surface area contributed by atoms with Crippen molar-refractivity contribution in [2.24, 2.45) is 0 Å². The third-order valence-electron chi connectivity index (χ3n) is 4.42. The molecule has 0 aliphatic rings. The van der Waals surface area contributed by atoms with E-state index in [-0.39, 0.29) is 0 Å². The van der Waals surface area contributed by atoms with Gasteiger partial charge in [-0.3, -0.25) is 5.10 Å². The molecule has 5 aromatic heterocycles. The summed E-state index contributed by atoms with van der Waals surface area (Å²) in [5.74, 6) is 2.63. The van der Waals surface area contributed by atoms with E-state index in [1.165, 1.54) is 6.33 Å². The average Bonchev–Trinajstić information content (AvgIpc) is 3.41. The van der Waals surface area contributed by atoms with Gasteiger partial charge in [0, 0.05) is 37.1 Å². The molecule has 0 fully saturated rings. The first-order valence-electron chi connectivity index (χ1n) is 9.16. The number of nitrogens with zero attached hydrogens (tertiary/aromatic N) is 8. The van der Waals surface area contributed by atoms with Gasteiger partial charge in [0.1, 0.15) is 29.5 Å². The zero-order valence-electron chi connectivity index (χ0n) is 16.2. The fourth-order valence-electron chi connectivity index (χ4n) is 3.11. The van der Waals surface area contributed by atoms with E-state index in [2.05, 4.69) is 40.8 Å². The molecule has 0 amide bonds. The number of hydrogen-bond acceptors (Lipinski definition) is 9. The number of hydrogen-bond donors (Lipinski definition) is 3. The first-order chi connectivity index (χ1) is 14.7. The Bertz CT molecular complexity index is 1310. The molecule has 0 atom stereocenters. The SMILES string of the molecule is CNc1cc(-c2c(Nc3ccn[nH]3)nc3ccc(-c4cncnc4)nn23)nc(C)n1. The average molecular weight is 399 g/mol. The highest BCUT2D eigenvalue weighted by Crippen LogP contribution is 2.31. The highest BCUT2D eigenvalue weighted by atomic mass is 15.3. The molecule has 5 rings (SSSR count). The highest BCUT2D eigenvalue weighted by molar-refractivity contribution is 5.78. The van der Waals surface area contributed by atoms with Crippen molar-refractivity contribution in [1.82, 2.24) is 44.7 Å². The topological polar surface area (TPSA) is 134 Å². The molecule has 0 spiro atoms. The second kappa shape index (κ2) is 7.20. The van der Waals surface area contributed by atoms with Crippen molar-refractivity contribution in [3.8, 4) is 22.6 Å². The molecule has 5 heterocycles. The zero-order chi connectivity index (χ0) is 20.5. The monoisotopic (exact) mass is 399 g/mol. The molecule has 0 aliphatic heterocycles. The predicted molar refractivity (Wildman–Crippen MR) is 111 cm³/mol. The van der Waals surface area contributed by atoms with E-state index >= 15 is 0 Å². The van der Waals surface area contributed by atoms with Crippen LogP contribution in [0.25, 0.3) is 28.3 Å². The maximum Gasteiger partial charge on any atom is 0.162 e. The fraction of sp³-hybridized carbons (Fsp3) is 0.105. The maximum absolute atomic E-state index is 4.78. The van der Waals surface area contributed by atoms with Crippen LogP contribution >= 0.6 is 0 Å². The minimum Gasteiger partial charge on any atom is -0.373 e. The van der Waals surface area contributed by atoms with Gasteiger partial charge in [0.25, 0.3) is 0 Å². The second-order valence-electron chi connectivity index (χ2n) is 6.46. The Morgan fingerprint density at radius 3 is 2.63 bits per heavy atom. The molecule has 0 saturated heterocycles. The predicted octanol–water partition coefficient (Wildman–Crippen LogP) is 2.46. The smallest absolute Gasteiger partial charge is 0.162 e. The number of aromatic nitrogens is 9. The van der Waals surface area contributed by atoms with Crippen LogP contribution in [0.15, 0.2) is 49.2 Å². The summed E-state index contributed by atoms with van der Waals surface area (Å²) in [5, 5.41) is 18.0. The Labute approximate surface area is 170 Å². The van der Waals surface area contributed by atoms with Crippen LogP contribution in [0.3, 0.4) is 0 Å². The van der Waals surface area contributed by atoms with Crippen molar-refractivity contribution < 1.29 is 0 Å². The summed E-state index contributed by atoms with van der Waals surface area (Å²) in [4.78, 5) is 21.9. The minimum atomic E-state index is 0.591. The highest BCUT2D eigenvalue weighted by Gasteiger charge is 2.19. The molecule has 0 aliphatic carbocycles. The first-order valence-corrected chi connectivity index (χ1v) is 9.16. The Morgan fingerprint density at radius 1 is 1.00 bits per heavy atom. The largest absolute Gasteiger partial charge is 0.373 e. The lowest BCUT2D eigenvalue weighted by molar-refractivity contribution is 0.935. The van der Waals surface area contributed by atoms with Crippen LogP contribution in [-0.4, -0.2) is 51.8 Å². The number of aromatic amines is 1. The van der Waals surface area contributed by atoms with Gasteiger partial charge in [-0.15, -0.1) is 0 Å². The van der Waals surface area contributed by atoms with Gasteiger partial charge in [0.05, 0.1) is 17.6 Å². The normalized spacial score (nSPS) is 11.0. The van der Waals surface area contributed by atoms with E-state index in [1.54, 1.807) is 23.1 Å². The van der Waals surface area contributed by atoms with Gasteiger partial charge in [-0.2, -0.15) is 10.2 Å². The van der Waals surface area contributed by atoms with Crippen molar-refractivity contribution >= 4 is 23.1 Å². The maximum atomic E-state index is 4.78. The lowest BCUT2D eigenvalue weighted by atomic mass is 10.2. The molecular weight excluding hydrogens is 382 g/mol. The molecule has 0 bridgehead atoms. The van der Waals surface area contributed by atoms with Crippen molar-refractivity contribution in [3.63, 3.8) is 0 Å². The minimum absolute atomic E-state index is 0.591. The lowest BCUT2D eigenvalue weighted by Gasteiger charge is -2.08. The van der Waals surface area contributed by atoms with E-state index in [4.69, 9.17) is 10.1 Å². The first kappa shape index (κ1) is 17.7. The van der Waals surface area contributed by atoms with Crippen molar-refractivity contribution in [3.05, 3.63) is 55.0 Å². The van der Waals surface area contributed by atoms with Crippen LogP contribution in [-0.2, 0) is 0 Å². The molecule has 5 aromatic rings. The summed E-state index contributed by atoms with van der Waals surface area (Å²) in [6.45, 7) is 1.84. The van der Waals surface area contributed by atoms with Gasteiger partial charge in [-0.05, 0) is 19.1 Å². The second-order valence-corrected chi connectivity index (χ2v) is 6.46. The van der Waals surface area contributed by atoms with Crippen molar-refractivity contribution in [2.45, 2.75) is 6.92 Å². The molecule has 30 heavy (non-hydrogen) atoms. The Morgan fingerprint density at radius 2 is 1.87 bits per heavy atom. The third kappa shape index (κ3) is 3.17. The molecule has 11 heteroatoms. The van der Waals surface area contributed by atoms with Crippen molar-refractivity contribution in [1.29, 1.82) is 0 Å². The number of H-pyrrole nitrogens is 1. The Balaban J connectivity index is 1.74. The van der Waals surface area contributed by atoms with E-state index in [1.807, 2.05) is 38.2 Å². The van der Waals surface area contributed by atoms with Gasteiger partial charge < -0.3 is 10.6 Å². The van der Waals surface area contributed by atoms with Crippen LogP contribution in [0.5, 0.6) is 0 Å². The van der Waals surface area contributed by atoms with E-state index in [0.717, 1.165) is 11.3 Å².